The van der Waals surface area contributed by atoms with Crippen LogP contribution >= 0.6 is 22.6 Å². The summed E-state index contributed by atoms with van der Waals surface area (Å²) in [6.07, 6.45) is 8.13. The third-order valence-electron chi connectivity index (χ3n) is 2.01. The van der Waals surface area contributed by atoms with Gasteiger partial charge in [0.1, 0.15) is 0 Å². The molecule has 0 aromatic carbocycles. The van der Waals surface area contributed by atoms with Crippen molar-refractivity contribution in [1.29, 1.82) is 0 Å². The minimum absolute atomic E-state index is 0.256. The molecule has 14 heavy (non-hydrogen) atoms. The molecule has 0 bridgehead atoms. The lowest BCUT2D eigenvalue weighted by molar-refractivity contribution is -0.137. The summed E-state index contributed by atoms with van der Waals surface area (Å²) >= 11 is 2.31. The number of hydrogen-bond donors (Lipinski definition) is 2. The zero-order valence-electron chi connectivity index (χ0n) is 7.87. The van der Waals surface area contributed by atoms with Gasteiger partial charge < -0.3 is 5.11 Å². The molecule has 0 aliphatic carbocycles. The van der Waals surface area contributed by atoms with E-state index in [9.17, 15) is 4.79 Å². The van der Waals surface area contributed by atoms with Crippen molar-refractivity contribution in [3.63, 3.8) is 0 Å². The van der Waals surface area contributed by atoms with Crippen molar-refractivity contribution in [2.75, 3.05) is 6.54 Å². The molecule has 0 aromatic heterocycles. The number of carboxylic acids is 1. The normalized spacial score (nSPS) is 21.5. The van der Waals surface area contributed by atoms with Crippen LogP contribution in [0, 0.1) is 0 Å². The van der Waals surface area contributed by atoms with Crippen LogP contribution in [0.4, 0.5) is 0 Å². The second-order valence-electron chi connectivity index (χ2n) is 3.20. The van der Waals surface area contributed by atoms with Gasteiger partial charge in [-0.15, -0.1) is 0 Å². The number of hydrogen-bond acceptors (Lipinski definition) is 2. The number of allylic oxidation sites excluding steroid dienone is 2. The lowest BCUT2D eigenvalue weighted by atomic mass is 10.1. The van der Waals surface area contributed by atoms with Gasteiger partial charge in [0, 0.05) is 13.0 Å². The Morgan fingerprint density at radius 2 is 2.50 bits per heavy atom. The van der Waals surface area contributed by atoms with Crippen LogP contribution in [0.3, 0.4) is 0 Å². The molecular formula is C10H14INO2. The Kier molecular flexibility index (Phi) is 5.17. The second-order valence-corrected chi connectivity index (χ2v) is 4.54. The van der Waals surface area contributed by atoms with Crippen molar-refractivity contribution >= 4 is 28.6 Å². The fourth-order valence-electron chi connectivity index (χ4n) is 1.28. The van der Waals surface area contributed by atoms with E-state index in [-0.39, 0.29) is 6.42 Å². The third kappa shape index (κ3) is 4.76. The Morgan fingerprint density at radius 3 is 3.21 bits per heavy atom. The molecule has 0 fully saturated rings. The summed E-state index contributed by atoms with van der Waals surface area (Å²) in [5.74, 6) is -0.715. The van der Waals surface area contributed by atoms with Crippen LogP contribution in [0.15, 0.2) is 23.8 Å². The first-order chi connectivity index (χ1) is 6.68. The van der Waals surface area contributed by atoms with Crippen molar-refractivity contribution in [2.45, 2.75) is 23.3 Å². The zero-order valence-corrected chi connectivity index (χ0v) is 10.0. The average Bonchev–Trinajstić information content (AvgIpc) is 2.30. The predicted octanol–water partition coefficient (Wildman–Crippen LogP) is 2.09. The molecule has 3 nitrogen and oxygen atoms in total. The largest absolute Gasteiger partial charge is 0.481 e. The van der Waals surface area contributed by atoms with E-state index in [0.29, 0.717) is 4.05 Å². The van der Waals surface area contributed by atoms with Gasteiger partial charge in [0.05, 0.1) is 4.05 Å². The molecule has 4 heteroatoms. The summed E-state index contributed by atoms with van der Waals surface area (Å²) in [5.41, 5.74) is 1.23. The third-order valence-corrected chi connectivity index (χ3v) is 2.87. The average molecular weight is 307 g/mol. The highest BCUT2D eigenvalue weighted by Crippen LogP contribution is 2.13. The zero-order chi connectivity index (χ0) is 10.4. The summed E-state index contributed by atoms with van der Waals surface area (Å²) in [5, 5.41) is 11.8. The Balaban J connectivity index is 2.32. The number of carbonyl (C=O) groups is 1. The summed E-state index contributed by atoms with van der Waals surface area (Å²) in [6.45, 7) is 0.864. The number of halogens is 1. The molecule has 0 aromatic rings. The highest BCUT2D eigenvalue weighted by Gasteiger charge is 2.03. The Hall–Kier alpha value is -0.360. The van der Waals surface area contributed by atoms with Gasteiger partial charge in [-0.1, -0.05) is 46.4 Å². The van der Waals surface area contributed by atoms with Crippen molar-refractivity contribution in [2.24, 2.45) is 0 Å². The van der Waals surface area contributed by atoms with Gasteiger partial charge in [-0.3, -0.25) is 10.1 Å². The maximum atomic E-state index is 10.3. The fourth-order valence-corrected chi connectivity index (χ4v) is 1.74. The minimum atomic E-state index is -0.715. The van der Waals surface area contributed by atoms with Crippen LogP contribution in [0.5, 0.6) is 0 Å². The van der Waals surface area contributed by atoms with E-state index in [4.69, 9.17) is 5.11 Å². The maximum absolute atomic E-state index is 10.3. The fraction of sp³-hybridized carbons (Fsp3) is 0.500. The lowest BCUT2D eigenvalue weighted by Gasteiger charge is -2.00. The molecule has 1 aliphatic heterocycles. The molecule has 0 saturated heterocycles. The number of carboxylic acid groups (broad SMARTS) is 1. The monoisotopic (exact) mass is 307 g/mol. The summed E-state index contributed by atoms with van der Waals surface area (Å²) in [6, 6.07) is 0. The molecule has 0 amide bonds. The molecule has 78 valence electrons. The van der Waals surface area contributed by atoms with E-state index < -0.39 is 5.97 Å². The van der Waals surface area contributed by atoms with Crippen LogP contribution in [-0.2, 0) is 4.79 Å². The van der Waals surface area contributed by atoms with Crippen LogP contribution in [0.1, 0.15) is 19.3 Å². The van der Waals surface area contributed by atoms with Gasteiger partial charge in [-0.2, -0.15) is 0 Å². The Labute approximate surface area is 97.4 Å². The van der Waals surface area contributed by atoms with Gasteiger partial charge in [0.25, 0.3) is 0 Å². The summed E-state index contributed by atoms with van der Waals surface area (Å²) in [4.78, 5) is 10.3. The molecule has 2 N–H and O–H groups in total. The van der Waals surface area contributed by atoms with Crippen LogP contribution in [0.2, 0.25) is 0 Å². The van der Waals surface area contributed by atoms with Crippen molar-refractivity contribution in [3.8, 4) is 0 Å². The van der Waals surface area contributed by atoms with E-state index in [0.717, 1.165) is 19.4 Å². The lowest BCUT2D eigenvalue weighted by Crippen LogP contribution is -2.19. The SMILES string of the molecule is O=C(O)CCCC1=CCNC(I)C=C1. The second kappa shape index (κ2) is 6.19. The molecule has 1 heterocycles. The van der Waals surface area contributed by atoms with E-state index in [2.05, 4.69) is 46.1 Å². The molecule has 0 spiro atoms. The van der Waals surface area contributed by atoms with Gasteiger partial charge in [-0.05, 0) is 12.8 Å². The van der Waals surface area contributed by atoms with Crippen LogP contribution in [-0.4, -0.2) is 21.7 Å². The molecular weight excluding hydrogens is 293 g/mol. The van der Waals surface area contributed by atoms with Crippen molar-refractivity contribution in [1.82, 2.24) is 5.32 Å². The minimum Gasteiger partial charge on any atom is -0.481 e. The number of alkyl halides is 1. The summed E-state index contributed by atoms with van der Waals surface area (Å²) < 4.78 is 0.376. The van der Waals surface area contributed by atoms with Gasteiger partial charge >= 0.3 is 5.97 Å². The molecule has 0 radical (unpaired) electrons. The predicted molar refractivity (Wildman–Crippen MR) is 64.5 cm³/mol. The molecule has 1 rings (SSSR count). The highest BCUT2D eigenvalue weighted by molar-refractivity contribution is 14.1. The van der Waals surface area contributed by atoms with Gasteiger partial charge in [0.15, 0.2) is 0 Å². The smallest absolute Gasteiger partial charge is 0.303 e. The van der Waals surface area contributed by atoms with Gasteiger partial charge in [-0.25, -0.2) is 0 Å². The molecule has 0 saturated carbocycles. The molecule has 1 unspecified atom stereocenters. The van der Waals surface area contributed by atoms with Crippen LogP contribution in [0.25, 0.3) is 0 Å². The quantitative estimate of drug-likeness (QED) is 0.475. The topological polar surface area (TPSA) is 49.3 Å². The number of rotatable bonds is 4. The van der Waals surface area contributed by atoms with Crippen molar-refractivity contribution in [3.05, 3.63) is 23.8 Å². The highest BCUT2D eigenvalue weighted by atomic mass is 127. The standard InChI is InChI=1S/C10H14INO2/c11-9-5-4-8(6-7-12-9)2-1-3-10(13)14/h4-6,9,12H,1-3,7H2,(H,13,14). The Morgan fingerprint density at radius 1 is 1.71 bits per heavy atom. The first kappa shape index (κ1) is 11.7. The first-order valence-electron chi connectivity index (χ1n) is 4.65. The number of aliphatic carboxylic acids is 1. The molecule has 1 atom stereocenters. The van der Waals surface area contributed by atoms with Crippen LogP contribution < -0.4 is 5.32 Å². The molecule has 1 aliphatic rings. The summed E-state index contributed by atoms with van der Waals surface area (Å²) in [7, 11) is 0. The first-order valence-corrected chi connectivity index (χ1v) is 5.89. The maximum Gasteiger partial charge on any atom is 0.303 e. The van der Waals surface area contributed by atoms with E-state index >= 15 is 0 Å². The van der Waals surface area contributed by atoms with E-state index in [1.54, 1.807) is 0 Å². The van der Waals surface area contributed by atoms with E-state index in [1.807, 2.05) is 0 Å². The van der Waals surface area contributed by atoms with Crippen molar-refractivity contribution < 1.29 is 9.90 Å². The van der Waals surface area contributed by atoms with E-state index in [1.165, 1.54) is 5.57 Å². The van der Waals surface area contributed by atoms with Gasteiger partial charge in [0.2, 0.25) is 0 Å². The Bertz CT molecular complexity index is 261. The number of nitrogens with one attached hydrogen (secondary N) is 1.